The zero-order chi connectivity index (χ0) is 12.4. The van der Waals surface area contributed by atoms with E-state index in [0.717, 1.165) is 17.2 Å². The standard InChI is InChI=1S/C12H16N4S/c1-8-11(13)12(16(2)15-8)14-9-6-4-5-7-10(9)17-3/h4-7,14H,13H2,1-3H3. The van der Waals surface area contributed by atoms with Crippen molar-refractivity contribution in [3.8, 4) is 0 Å². The summed E-state index contributed by atoms with van der Waals surface area (Å²) in [5, 5.41) is 7.62. The Hall–Kier alpha value is -1.62. The molecule has 0 saturated carbocycles. The first-order valence-electron chi connectivity index (χ1n) is 5.32. The maximum absolute atomic E-state index is 5.99. The first kappa shape index (κ1) is 11.9. The summed E-state index contributed by atoms with van der Waals surface area (Å²) >= 11 is 1.70. The minimum absolute atomic E-state index is 0.698. The van der Waals surface area contributed by atoms with Crippen LogP contribution in [-0.4, -0.2) is 16.0 Å². The van der Waals surface area contributed by atoms with Crippen molar-refractivity contribution in [2.75, 3.05) is 17.3 Å². The average Bonchev–Trinajstić information content (AvgIpc) is 2.57. The molecule has 0 unspecified atom stereocenters. The van der Waals surface area contributed by atoms with Gasteiger partial charge in [-0.1, -0.05) is 12.1 Å². The summed E-state index contributed by atoms with van der Waals surface area (Å²) in [7, 11) is 1.88. The molecule has 3 N–H and O–H groups in total. The van der Waals surface area contributed by atoms with Gasteiger partial charge >= 0.3 is 0 Å². The van der Waals surface area contributed by atoms with E-state index in [2.05, 4.69) is 22.7 Å². The molecule has 1 heterocycles. The Morgan fingerprint density at radius 2 is 2.06 bits per heavy atom. The predicted octanol–water partition coefficient (Wildman–Crippen LogP) is 2.78. The maximum atomic E-state index is 5.99. The van der Waals surface area contributed by atoms with Crippen LogP contribution >= 0.6 is 11.8 Å². The minimum Gasteiger partial charge on any atom is -0.394 e. The number of aryl methyl sites for hydroxylation is 2. The van der Waals surface area contributed by atoms with Crippen molar-refractivity contribution in [1.82, 2.24) is 9.78 Å². The molecule has 5 heteroatoms. The second kappa shape index (κ2) is 4.71. The Labute approximate surface area is 105 Å². The van der Waals surface area contributed by atoms with Gasteiger partial charge in [0, 0.05) is 11.9 Å². The molecule has 0 aliphatic rings. The molecule has 0 spiro atoms. The van der Waals surface area contributed by atoms with Crippen molar-refractivity contribution in [3.63, 3.8) is 0 Å². The Kier molecular flexibility index (Phi) is 3.28. The molecule has 0 amide bonds. The van der Waals surface area contributed by atoms with Gasteiger partial charge in [-0.15, -0.1) is 11.8 Å². The van der Waals surface area contributed by atoms with Gasteiger partial charge in [-0.3, -0.25) is 4.68 Å². The van der Waals surface area contributed by atoms with Gasteiger partial charge in [-0.2, -0.15) is 5.10 Å². The van der Waals surface area contributed by atoms with Gasteiger partial charge in [0.25, 0.3) is 0 Å². The number of nitrogens with one attached hydrogen (secondary N) is 1. The summed E-state index contributed by atoms with van der Waals surface area (Å²) in [6, 6.07) is 8.14. The molecule has 0 aliphatic carbocycles. The van der Waals surface area contributed by atoms with E-state index in [1.807, 2.05) is 32.2 Å². The number of nitrogens with two attached hydrogens (primary N) is 1. The van der Waals surface area contributed by atoms with E-state index in [0.29, 0.717) is 5.69 Å². The Morgan fingerprint density at radius 3 is 2.65 bits per heavy atom. The lowest BCUT2D eigenvalue weighted by molar-refractivity contribution is 0.764. The van der Waals surface area contributed by atoms with Crippen LogP contribution in [0.3, 0.4) is 0 Å². The highest BCUT2D eigenvalue weighted by Crippen LogP contribution is 2.30. The van der Waals surface area contributed by atoms with Crippen molar-refractivity contribution in [2.45, 2.75) is 11.8 Å². The summed E-state index contributed by atoms with van der Waals surface area (Å²) in [5.74, 6) is 0.837. The Morgan fingerprint density at radius 1 is 1.35 bits per heavy atom. The zero-order valence-electron chi connectivity index (χ0n) is 10.2. The molecule has 0 atom stereocenters. The molecule has 0 saturated heterocycles. The van der Waals surface area contributed by atoms with Gasteiger partial charge in [0.15, 0.2) is 5.82 Å². The maximum Gasteiger partial charge on any atom is 0.152 e. The highest BCUT2D eigenvalue weighted by atomic mass is 32.2. The number of hydrogen-bond acceptors (Lipinski definition) is 4. The quantitative estimate of drug-likeness (QED) is 0.820. The first-order chi connectivity index (χ1) is 8.13. The lowest BCUT2D eigenvalue weighted by Gasteiger charge is -2.11. The zero-order valence-corrected chi connectivity index (χ0v) is 11.0. The van der Waals surface area contributed by atoms with Crippen molar-refractivity contribution >= 4 is 29.0 Å². The van der Waals surface area contributed by atoms with Gasteiger partial charge in [0.2, 0.25) is 0 Å². The predicted molar refractivity (Wildman–Crippen MR) is 73.9 cm³/mol. The van der Waals surface area contributed by atoms with Crippen LogP contribution in [0.25, 0.3) is 0 Å². The Balaban J connectivity index is 2.38. The fourth-order valence-corrected chi connectivity index (χ4v) is 2.25. The third-order valence-corrected chi connectivity index (χ3v) is 3.42. The summed E-state index contributed by atoms with van der Waals surface area (Å²) in [4.78, 5) is 1.19. The number of benzene rings is 1. The molecule has 90 valence electrons. The van der Waals surface area contributed by atoms with Crippen molar-refractivity contribution in [1.29, 1.82) is 0 Å². The number of nitrogen functional groups attached to an aromatic ring is 1. The van der Waals surface area contributed by atoms with Crippen LogP contribution in [0.4, 0.5) is 17.2 Å². The van der Waals surface area contributed by atoms with Crippen molar-refractivity contribution < 1.29 is 0 Å². The molecular formula is C12H16N4S. The smallest absolute Gasteiger partial charge is 0.152 e. The van der Waals surface area contributed by atoms with Gasteiger partial charge < -0.3 is 11.1 Å². The number of aromatic nitrogens is 2. The lowest BCUT2D eigenvalue weighted by Crippen LogP contribution is -2.02. The van der Waals surface area contributed by atoms with Gasteiger partial charge in [0.05, 0.1) is 17.1 Å². The van der Waals surface area contributed by atoms with E-state index >= 15 is 0 Å². The highest BCUT2D eigenvalue weighted by molar-refractivity contribution is 7.98. The van der Waals surface area contributed by atoms with Crippen molar-refractivity contribution in [3.05, 3.63) is 30.0 Å². The summed E-state index contributed by atoms with van der Waals surface area (Å²) in [6.45, 7) is 1.90. The fourth-order valence-electron chi connectivity index (χ4n) is 1.70. The molecule has 1 aromatic carbocycles. The number of nitrogens with zero attached hydrogens (tertiary/aromatic N) is 2. The normalized spacial score (nSPS) is 10.5. The molecule has 2 aromatic rings. The van der Waals surface area contributed by atoms with Crippen LogP contribution in [0.1, 0.15) is 5.69 Å². The summed E-state index contributed by atoms with van der Waals surface area (Å²) < 4.78 is 1.77. The topological polar surface area (TPSA) is 55.9 Å². The second-order valence-electron chi connectivity index (χ2n) is 3.80. The van der Waals surface area contributed by atoms with Gasteiger partial charge in [-0.25, -0.2) is 0 Å². The van der Waals surface area contributed by atoms with E-state index < -0.39 is 0 Å². The molecule has 0 radical (unpaired) electrons. The molecule has 17 heavy (non-hydrogen) atoms. The third-order valence-electron chi connectivity index (χ3n) is 2.63. The van der Waals surface area contributed by atoms with E-state index in [1.165, 1.54) is 4.90 Å². The Bertz CT molecular complexity index is 533. The van der Waals surface area contributed by atoms with Gasteiger partial charge in [0.1, 0.15) is 0 Å². The number of thioether (sulfide) groups is 1. The molecule has 0 aliphatic heterocycles. The largest absolute Gasteiger partial charge is 0.394 e. The highest BCUT2D eigenvalue weighted by Gasteiger charge is 2.11. The van der Waals surface area contributed by atoms with E-state index in [4.69, 9.17) is 5.73 Å². The van der Waals surface area contributed by atoms with E-state index in [1.54, 1.807) is 16.4 Å². The number of para-hydroxylation sites is 1. The average molecular weight is 248 g/mol. The third kappa shape index (κ3) is 2.24. The number of rotatable bonds is 3. The fraction of sp³-hybridized carbons (Fsp3) is 0.250. The molecule has 0 bridgehead atoms. The first-order valence-corrected chi connectivity index (χ1v) is 6.55. The van der Waals surface area contributed by atoms with Crippen molar-refractivity contribution in [2.24, 2.45) is 7.05 Å². The summed E-state index contributed by atoms with van der Waals surface area (Å²) in [5.41, 5.74) is 8.58. The number of anilines is 3. The van der Waals surface area contributed by atoms with Crippen LogP contribution in [0.2, 0.25) is 0 Å². The van der Waals surface area contributed by atoms with Crippen LogP contribution < -0.4 is 11.1 Å². The monoisotopic (exact) mass is 248 g/mol. The van der Waals surface area contributed by atoms with Crippen LogP contribution in [0.15, 0.2) is 29.2 Å². The number of hydrogen-bond donors (Lipinski definition) is 2. The molecule has 4 nitrogen and oxygen atoms in total. The SMILES string of the molecule is CSc1ccccc1Nc1c(N)c(C)nn1C. The molecule has 0 fully saturated rings. The molecule has 2 rings (SSSR count). The van der Waals surface area contributed by atoms with Crippen LogP contribution in [0, 0.1) is 6.92 Å². The van der Waals surface area contributed by atoms with Crippen LogP contribution in [-0.2, 0) is 7.05 Å². The van der Waals surface area contributed by atoms with E-state index in [-0.39, 0.29) is 0 Å². The molecule has 1 aromatic heterocycles. The minimum atomic E-state index is 0.698. The lowest BCUT2D eigenvalue weighted by atomic mass is 10.3. The van der Waals surface area contributed by atoms with Crippen LogP contribution in [0.5, 0.6) is 0 Å². The van der Waals surface area contributed by atoms with E-state index in [9.17, 15) is 0 Å². The van der Waals surface area contributed by atoms with Gasteiger partial charge in [-0.05, 0) is 25.3 Å². The summed E-state index contributed by atoms with van der Waals surface area (Å²) in [6.07, 6.45) is 2.05. The molecular weight excluding hydrogens is 232 g/mol. The second-order valence-corrected chi connectivity index (χ2v) is 4.64.